The van der Waals surface area contributed by atoms with Gasteiger partial charge in [-0.3, -0.25) is 0 Å². The van der Waals surface area contributed by atoms with E-state index < -0.39 is 11.9 Å². The lowest BCUT2D eigenvalue weighted by atomic mass is 9.97. The molecule has 0 atom stereocenters. The second-order valence-electron chi connectivity index (χ2n) is 6.80. The van der Waals surface area contributed by atoms with E-state index in [0.29, 0.717) is 5.56 Å². The summed E-state index contributed by atoms with van der Waals surface area (Å²) in [6, 6.07) is 12.5. The minimum absolute atomic E-state index is 0.0111. The van der Waals surface area contributed by atoms with Gasteiger partial charge in [0.2, 0.25) is 0 Å². The summed E-state index contributed by atoms with van der Waals surface area (Å²) in [6.45, 7) is 3.84. The standard InChI is InChI=1S/C14H18N2.C9H8O4/c1-2-3-4-9-14-13-8-6-5-7-12(13)10-11-15-16-14;1-5-2-3-6(8(10)11)4-7(5)9(12)13/h5-8,11H,2-4,9-10H2,1H3;2-4H,1H3,(H,10,11)(H,12,13). The van der Waals surface area contributed by atoms with Crippen LogP contribution < -0.4 is 0 Å². The minimum atomic E-state index is -1.12. The summed E-state index contributed by atoms with van der Waals surface area (Å²) in [4.78, 5) is 21.1. The number of rotatable bonds is 6. The van der Waals surface area contributed by atoms with Gasteiger partial charge in [0.05, 0.1) is 16.8 Å². The van der Waals surface area contributed by atoms with E-state index in [2.05, 4.69) is 41.4 Å². The van der Waals surface area contributed by atoms with Crippen molar-refractivity contribution >= 4 is 23.9 Å². The van der Waals surface area contributed by atoms with Crippen LogP contribution in [0.4, 0.5) is 0 Å². The molecule has 0 bridgehead atoms. The number of hydrogen-bond donors (Lipinski definition) is 2. The third kappa shape index (κ3) is 6.38. The predicted octanol–water partition coefficient (Wildman–Crippen LogP) is 4.99. The number of aryl methyl sites for hydroxylation is 1. The number of unbranched alkanes of at least 4 members (excludes halogenated alkanes) is 2. The molecule has 2 N–H and O–H groups in total. The molecule has 0 aliphatic carbocycles. The average Bonchev–Trinajstić information content (AvgIpc) is 2.91. The van der Waals surface area contributed by atoms with Crippen LogP contribution in [0.2, 0.25) is 0 Å². The first kappa shape index (κ1) is 22.0. The number of carboxylic acids is 2. The van der Waals surface area contributed by atoms with Crippen molar-refractivity contribution in [1.29, 1.82) is 0 Å². The van der Waals surface area contributed by atoms with Crippen molar-refractivity contribution in [2.24, 2.45) is 10.2 Å². The van der Waals surface area contributed by atoms with Gasteiger partial charge in [-0.15, -0.1) is 0 Å². The van der Waals surface area contributed by atoms with Crippen molar-refractivity contribution < 1.29 is 19.8 Å². The second-order valence-corrected chi connectivity index (χ2v) is 6.80. The summed E-state index contributed by atoms with van der Waals surface area (Å²) in [7, 11) is 0. The van der Waals surface area contributed by atoms with Gasteiger partial charge in [-0.05, 0) is 43.0 Å². The van der Waals surface area contributed by atoms with Gasteiger partial charge in [-0.25, -0.2) is 9.59 Å². The molecule has 29 heavy (non-hydrogen) atoms. The number of aromatic carboxylic acids is 2. The van der Waals surface area contributed by atoms with E-state index in [4.69, 9.17) is 10.2 Å². The van der Waals surface area contributed by atoms with Crippen molar-refractivity contribution in [2.75, 3.05) is 0 Å². The fourth-order valence-corrected chi connectivity index (χ4v) is 3.00. The van der Waals surface area contributed by atoms with Crippen LogP contribution in [0.5, 0.6) is 0 Å². The van der Waals surface area contributed by atoms with E-state index in [1.54, 1.807) is 6.92 Å². The molecule has 2 aromatic carbocycles. The Labute approximate surface area is 170 Å². The molecule has 6 heteroatoms. The Balaban J connectivity index is 0.000000212. The molecular weight excluding hydrogens is 368 g/mol. The van der Waals surface area contributed by atoms with Crippen molar-refractivity contribution in [1.82, 2.24) is 0 Å². The van der Waals surface area contributed by atoms with Gasteiger partial charge in [-0.1, -0.05) is 50.1 Å². The van der Waals surface area contributed by atoms with E-state index in [1.807, 2.05) is 6.21 Å². The highest BCUT2D eigenvalue weighted by atomic mass is 16.4. The highest BCUT2D eigenvalue weighted by Gasteiger charge is 2.11. The van der Waals surface area contributed by atoms with Crippen LogP contribution in [0.25, 0.3) is 0 Å². The summed E-state index contributed by atoms with van der Waals surface area (Å²) >= 11 is 0. The lowest BCUT2D eigenvalue weighted by molar-refractivity contribution is 0.0695. The van der Waals surface area contributed by atoms with Crippen LogP contribution in [0, 0.1) is 6.92 Å². The number of fused-ring (bicyclic) bond motifs is 1. The van der Waals surface area contributed by atoms with Crippen molar-refractivity contribution in [3.63, 3.8) is 0 Å². The van der Waals surface area contributed by atoms with Crippen molar-refractivity contribution in [3.8, 4) is 0 Å². The summed E-state index contributed by atoms with van der Waals surface area (Å²) in [6.07, 6.45) is 7.56. The number of benzene rings is 2. The van der Waals surface area contributed by atoms with Gasteiger partial charge in [-0.2, -0.15) is 10.2 Å². The molecule has 1 heterocycles. The van der Waals surface area contributed by atoms with Gasteiger partial charge in [0.1, 0.15) is 0 Å². The number of carboxylic acid groups (broad SMARTS) is 2. The molecule has 0 aromatic heterocycles. The minimum Gasteiger partial charge on any atom is -0.478 e. The summed E-state index contributed by atoms with van der Waals surface area (Å²) in [5.74, 6) is -2.23. The third-order valence-electron chi connectivity index (χ3n) is 4.63. The Morgan fingerprint density at radius 2 is 1.79 bits per heavy atom. The zero-order valence-electron chi connectivity index (χ0n) is 16.8. The lowest BCUT2D eigenvalue weighted by Crippen LogP contribution is -2.03. The van der Waals surface area contributed by atoms with Gasteiger partial charge < -0.3 is 10.2 Å². The maximum atomic E-state index is 10.6. The lowest BCUT2D eigenvalue weighted by Gasteiger charge is -2.07. The normalized spacial score (nSPS) is 12.1. The largest absolute Gasteiger partial charge is 0.478 e. The number of carbonyl (C=O) groups is 2. The fraction of sp³-hybridized carbons (Fsp3) is 0.304. The molecule has 152 valence electrons. The van der Waals surface area contributed by atoms with E-state index in [-0.39, 0.29) is 11.1 Å². The first-order chi connectivity index (χ1) is 13.9. The average molecular weight is 394 g/mol. The second kappa shape index (κ2) is 10.9. The number of nitrogens with zero attached hydrogens (tertiary/aromatic N) is 2. The molecule has 3 rings (SSSR count). The van der Waals surface area contributed by atoms with E-state index >= 15 is 0 Å². The van der Waals surface area contributed by atoms with Crippen LogP contribution in [0.3, 0.4) is 0 Å². The quantitative estimate of drug-likeness (QED) is 0.674. The monoisotopic (exact) mass is 394 g/mol. The molecule has 0 radical (unpaired) electrons. The van der Waals surface area contributed by atoms with Crippen LogP contribution >= 0.6 is 0 Å². The Morgan fingerprint density at radius 1 is 1.03 bits per heavy atom. The molecular formula is C23H26N2O4. The molecule has 0 fully saturated rings. The van der Waals surface area contributed by atoms with Crippen LogP contribution in [0.15, 0.2) is 52.7 Å². The summed E-state index contributed by atoms with van der Waals surface area (Å²) < 4.78 is 0. The molecule has 2 aromatic rings. The van der Waals surface area contributed by atoms with Crippen molar-refractivity contribution in [2.45, 2.75) is 46.0 Å². The maximum absolute atomic E-state index is 10.6. The molecule has 0 spiro atoms. The van der Waals surface area contributed by atoms with E-state index in [0.717, 1.165) is 24.6 Å². The Kier molecular flexibility index (Phi) is 8.27. The molecule has 0 amide bonds. The van der Waals surface area contributed by atoms with Crippen molar-refractivity contribution in [3.05, 3.63) is 70.3 Å². The van der Waals surface area contributed by atoms with E-state index in [1.165, 1.54) is 42.5 Å². The highest BCUT2D eigenvalue weighted by molar-refractivity contribution is 6.03. The Bertz CT molecular complexity index is 932. The fourth-order valence-electron chi connectivity index (χ4n) is 3.00. The molecule has 0 saturated carbocycles. The first-order valence-electron chi connectivity index (χ1n) is 9.68. The van der Waals surface area contributed by atoms with Gasteiger partial charge in [0.25, 0.3) is 0 Å². The van der Waals surface area contributed by atoms with E-state index in [9.17, 15) is 9.59 Å². The zero-order chi connectivity index (χ0) is 21.2. The Hall–Kier alpha value is -3.28. The molecule has 0 unspecified atom stereocenters. The topological polar surface area (TPSA) is 99.3 Å². The predicted molar refractivity (Wildman–Crippen MR) is 114 cm³/mol. The van der Waals surface area contributed by atoms with Gasteiger partial charge in [0.15, 0.2) is 0 Å². The first-order valence-corrected chi connectivity index (χ1v) is 9.68. The Morgan fingerprint density at radius 3 is 2.48 bits per heavy atom. The molecule has 1 aliphatic rings. The zero-order valence-corrected chi connectivity index (χ0v) is 16.8. The summed E-state index contributed by atoms with van der Waals surface area (Å²) in [5.41, 5.74) is 4.35. The van der Waals surface area contributed by atoms with Crippen LogP contribution in [-0.2, 0) is 6.42 Å². The molecule has 1 aliphatic heterocycles. The van der Waals surface area contributed by atoms with Crippen LogP contribution in [-0.4, -0.2) is 34.1 Å². The smallest absolute Gasteiger partial charge is 0.335 e. The van der Waals surface area contributed by atoms with Crippen LogP contribution in [0.1, 0.15) is 70.0 Å². The highest BCUT2D eigenvalue weighted by Crippen LogP contribution is 2.17. The van der Waals surface area contributed by atoms with Gasteiger partial charge >= 0.3 is 11.9 Å². The summed E-state index contributed by atoms with van der Waals surface area (Å²) in [5, 5.41) is 25.7. The number of hydrogen-bond acceptors (Lipinski definition) is 4. The third-order valence-corrected chi connectivity index (χ3v) is 4.63. The molecule has 6 nitrogen and oxygen atoms in total. The molecule has 0 saturated heterocycles. The maximum Gasteiger partial charge on any atom is 0.335 e. The van der Waals surface area contributed by atoms with Gasteiger partial charge in [0, 0.05) is 18.2 Å². The SMILES string of the molecule is CCCCCC1=NN=CCc2ccccc21.Cc1ccc(C(=O)O)cc1C(=O)O.